The van der Waals surface area contributed by atoms with Gasteiger partial charge in [-0.15, -0.1) is 0 Å². The molecule has 408 valence electrons. The Balaban J connectivity index is 4.46. The van der Waals surface area contributed by atoms with Crippen LogP contribution in [0.25, 0.3) is 0 Å². The fraction of sp³-hybridized carbons (Fsp3) is 0.652. The normalized spacial score (nSPS) is 13.0. The Bertz CT molecular complexity index is 1520. The van der Waals surface area contributed by atoms with Crippen molar-refractivity contribution in [2.75, 3.05) is 13.2 Å². The molecule has 0 aromatic carbocycles. The van der Waals surface area contributed by atoms with E-state index >= 15 is 0 Å². The van der Waals surface area contributed by atoms with Gasteiger partial charge in [0.15, 0.2) is 6.10 Å². The minimum atomic E-state index is -0.806. The lowest BCUT2D eigenvalue weighted by atomic mass is 10.1. The molecule has 0 saturated carbocycles. The summed E-state index contributed by atoms with van der Waals surface area (Å²) in [5.41, 5.74) is 0. The largest absolute Gasteiger partial charge is 0.462 e. The molecule has 0 spiro atoms. The summed E-state index contributed by atoms with van der Waals surface area (Å²) in [6.45, 7) is 6.44. The SMILES string of the molecule is CC/C=C\C/C=C\C/C=C\C/C=C\C/C=C\C/C=C\C/C=C\CCCCCC(=O)OCC(COC(=O)CCCCCCC/C=C\CCCCCC)OC(=O)CCCCCCC/C=C\C/C=C\CCCCCC. The van der Waals surface area contributed by atoms with E-state index in [1.165, 1.54) is 70.6 Å². The quantitative estimate of drug-likeness (QED) is 0.0261. The van der Waals surface area contributed by atoms with E-state index < -0.39 is 6.10 Å². The molecule has 0 aliphatic heterocycles. The van der Waals surface area contributed by atoms with E-state index in [1.807, 2.05) is 0 Å². The van der Waals surface area contributed by atoms with Crippen LogP contribution in [0.4, 0.5) is 0 Å². The molecule has 0 bridgehead atoms. The summed E-state index contributed by atoms with van der Waals surface area (Å²) in [4.78, 5) is 38.2. The molecule has 0 aromatic rings. The summed E-state index contributed by atoms with van der Waals surface area (Å²) in [5.74, 6) is -0.959. The number of allylic oxidation sites excluding steroid dienone is 20. The molecule has 1 atom stereocenters. The highest BCUT2D eigenvalue weighted by Crippen LogP contribution is 2.13. The number of hydrogen-bond acceptors (Lipinski definition) is 6. The van der Waals surface area contributed by atoms with Gasteiger partial charge in [-0.25, -0.2) is 0 Å². The average Bonchev–Trinajstić information content (AvgIpc) is 3.38. The molecule has 0 saturated heterocycles. The molecular weight excluding hydrogens is 889 g/mol. The van der Waals surface area contributed by atoms with Crippen LogP contribution in [-0.4, -0.2) is 37.2 Å². The monoisotopic (exact) mass is 997 g/mol. The Hall–Kier alpha value is -4.19. The predicted molar refractivity (Wildman–Crippen MR) is 311 cm³/mol. The smallest absolute Gasteiger partial charge is 0.306 e. The molecule has 0 heterocycles. The Labute approximate surface area is 443 Å². The highest BCUT2D eigenvalue weighted by molar-refractivity contribution is 5.71. The summed E-state index contributed by atoms with van der Waals surface area (Å²) in [7, 11) is 0. The third kappa shape index (κ3) is 56.7. The maximum Gasteiger partial charge on any atom is 0.306 e. The Kier molecular flexibility index (Phi) is 55.9. The summed E-state index contributed by atoms with van der Waals surface area (Å²) < 4.78 is 16.8. The summed E-state index contributed by atoms with van der Waals surface area (Å²) in [5, 5.41) is 0. The number of carbonyl (C=O) groups is 3. The zero-order chi connectivity index (χ0) is 52.2. The van der Waals surface area contributed by atoms with Gasteiger partial charge < -0.3 is 14.2 Å². The van der Waals surface area contributed by atoms with Crippen LogP contribution in [0.1, 0.15) is 258 Å². The summed E-state index contributed by atoms with van der Waals surface area (Å²) >= 11 is 0. The first kappa shape index (κ1) is 67.8. The summed E-state index contributed by atoms with van der Waals surface area (Å²) in [6, 6.07) is 0. The third-order valence-electron chi connectivity index (χ3n) is 12.2. The lowest BCUT2D eigenvalue weighted by Crippen LogP contribution is -2.30. The van der Waals surface area contributed by atoms with Gasteiger partial charge in [-0.2, -0.15) is 0 Å². The van der Waals surface area contributed by atoms with Gasteiger partial charge in [-0.05, 0) is 135 Å². The van der Waals surface area contributed by atoms with Crippen LogP contribution >= 0.6 is 0 Å². The first-order valence-corrected chi connectivity index (χ1v) is 29.5. The van der Waals surface area contributed by atoms with Crippen LogP contribution < -0.4 is 0 Å². The highest BCUT2D eigenvalue weighted by Gasteiger charge is 2.19. The fourth-order valence-electron chi connectivity index (χ4n) is 7.74. The topological polar surface area (TPSA) is 78.9 Å². The van der Waals surface area contributed by atoms with Crippen LogP contribution in [0.2, 0.25) is 0 Å². The lowest BCUT2D eigenvalue weighted by molar-refractivity contribution is -0.167. The molecule has 6 nitrogen and oxygen atoms in total. The third-order valence-corrected chi connectivity index (χ3v) is 12.2. The Morgan fingerprint density at radius 3 is 0.875 bits per heavy atom. The van der Waals surface area contributed by atoms with Crippen molar-refractivity contribution in [2.45, 2.75) is 264 Å². The van der Waals surface area contributed by atoms with Gasteiger partial charge in [0.05, 0.1) is 0 Å². The Morgan fingerprint density at radius 2 is 0.542 bits per heavy atom. The van der Waals surface area contributed by atoms with Crippen molar-refractivity contribution in [3.63, 3.8) is 0 Å². The molecule has 0 fully saturated rings. The molecule has 0 aromatic heterocycles. The van der Waals surface area contributed by atoms with Crippen molar-refractivity contribution in [3.8, 4) is 0 Å². The maximum atomic E-state index is 12.9. The van der Waals surface area contributed by atoms with Crippen LogP contribution in [0.15, 0.2) is 122 Å². The van der Waals surface area contributed by atoms with E-state index in [-0.39, 0.29) is 31.1 Å². The molecular formula is C66H108O6. The fourth-order valence-corrected chi connectivity index (χ4v) is 7.74. The minimum absolute atomic E-state index is 0.101. The van der Waals surface area contributed by atoms with E-state index in [2.05, 4.69) is 142 Å². The van der Waals surface area contributed by atoms with Crippen LogP contribution in [0.3, 0.4) is 0 Å². The van der Waals surface area contributed by atoms with Gasteiger partial charge >= 0.3 is 17.9 Å². The van der Waals surface area contributed by atoms with E-state index in [0.717, 1.165) is 148 Å². The zero-order valence-corrected chi connectivity index (χ0v) is 46.7. The molecule has 0 radical (unpaired) electrons. The molecule has 72 heavy (non-hydrogen) atoms. The average molecular weight is 998 g/mol. The number of hydrogen-bond donors (Lipinski definition) is 0. The second-order valence-corrected chi connectivity index (χ2v) is 19.2. The van der Waals surface area contributed by atoms with Crippen molar-refractivity contribution < 1.29 is 28.6 Å². The second-order valence-electron chi connectivity index (χ2n) is 19.2. The molecule has 0 rings (SSSR count). The number of unbranched alkanes of at least 4 members (excludes halogenated alkanes) is 21. The van der Waals surface area contributed by atoms with Crippen LogP contribution in [0.5, 0.6) is 0 Å². The number of carbonyl (C=O) groups excluding carboxylic acids is 3. The van der Waals surface area contributed by atoms with Crippen molar-refractivity contribution in [1.82, 2.24) is 0 Å². The second kappa shape index (κ2) is 59.4. The van der Waals surface area contributed by atoms with Gasteiger partial charge in [0.25, 0.3) is 0 Å². The van der Waals surface area contributed by atoms with E-state index in [1.54, 1.807) is 0 Å². The minimum Gasteiger partial charge on any atom is -0.462 e. The van der Waals surface area contributed by atoms with Gasteiger partial charge in [-0.3, -0.25) is 14.4 Å². The van der Waals surface area contributed by atoms with Crippen LogP contribution in [-0.2, 0) is 28.6 Å². The molecule has 0 aliphatic rings. The first-order valence-electron chi connectivity index (χ1n) is 29.5. The lowest BCUT2D eigenvalue weighted by Gasteiger charge is -2.18. The van der Waals surface area contributed by atoms with Crippen LogP contribution in [0, 0.1) is 0 Å². The van der Waals surface area contributed by atoms with E-state index in [0.29, 0.717) is 19.3 Å². The molecule has 0 amide bonds. The van der Waals surface area contributed by atoms with Crippen molar-refractivity contribution in [3.05, 3.63) is 122 Å². The van der Waals surface area contributed by atoms with Gasteiger partial charge in [-0.1, -0.05) is 226 Å². The molecule has 1 unspecified atom stereocenters. The van der Waals surface area contributed by atoms with Crippen molar-refractivity contribution >= 4 is 17.9 Å². The number of rotatable bonds is 52. The number of esters is 3. The van der Waals surface area contributed by atoms with Crippen molar-refractivity contribution in [2.24, 2.45) is 0 Å². The highest BCUT2D eigenvalue weighted by atomic mass is 16.6. The van der Waals surface area contributed by atoms with Gasteiger partial charge in [0.1, 0.15) is 13.2 Å². The predicted octanol–water partition coefficient (Wildman–Crippen LogP) is 20.0. The Morgan fingerprint density at radius 1 is 0.292 bits per heavy atom. The summed E-state index contributed by atoms with van der Waals surface area (Å²) in [6.07, 6.45) is 81.9. The molecule has 0 aliphatic carbocycles. The standard InChI is InChI=1S/C66H108O6/c1-4-7-10-13-16-19-22-25-27-29-30-31-32-33-34-35-36-37-39-41-44-47-50-53-56-59-65(68)71-62-63(61-70-64(67)58-55-52-49-46-43-40-24-21-18-15-12-9-6-3)72-66(69)60-57-54-51-48-45-42-38-28-26-23-20-17-14-11-8-5-2/h7,10,16,19-21,23-25,27-28,30-31,33-34,36-38,41,44,63H,4-6,8-9,11-15,17-18,22,26,29,32,35,39-40,42-43,45-62H2,1-3H3/b10-7-,19-16-,23-20-,24-21-,27-25-,31-30-,34-33-,37-36-,38-28-,44-41-. The van der Waals surface area contributed by atoms with Gasteiger partial charge in [0.2, 0.25) is 0 Å². The van der Waals surface area contributed by atoms with Crippen molar-refractivity contribution in [1.29, 1.82) is 0 Å². The maximum absolute atomic E-state index is 12.9. The van der Waals surface area contributed by atoms with Gasteiger partial charge in [0, 0.05) is 19.3 Å². The van der Waals surface area contributed by atoms with E-state index in [4.69, 9.17) is 14.2 Å². The molecule has 0 N–H and O–H groups in total. The molecule has 6 heteroatoms. The van der Waals surface area contributed by atoms with E-state index in [9.17, 15) is 14.4 Å². The number of ether oxygens (including phenoxy) is 3. The first-order chi connectivity index (χ1) is 35.5. The zero-order valence-electron chi connectivity index (χ0n) is 46.7.